The summed E-state index contributed by atoms with van der Waals surface area (Å²) in [6.45, 7) is 1.41. The highest BCUT2D eigenvalue weighted by Gasteiger charge is 2.20. The van der Waals surface area contributed by atoms with Crippen LogP contribution in [-0.2, 0) is 0 Å². The summed E-state index contributed by atoms with van der Waals surface area (Å²) in [5.41, 5.74) is 3.88. The summed E-state index contributed by atoms with van der Waals surface area (Å²) in [7, 11) is 5.93. The average molecular weight is 449 g/mol. The number of nitrogens with zero attached hydrogens (tertiary/aromatic N) is 6. The van der Waals surface area contributed by atoms with Gasteiger partial charge in [-0.25, -0.2) is 4.98 Å². The molecule has 1 aliphatic rings. The molecule has 32 heavy (non-hydrogen) atoms. The van der Waals surface area contributed by atoms with E-state index in [0.717, 1.165) is 28.9 Å². The molecule has 0 aliphatic carbocycles. The van der Waals surface area contributed by atoms with E-state index < -0.39 is 0 Å². The number of ether oxygens (including phenoxy) is 1. The maximum absolute atomic E-state index is 9.01. The third-order valence-electron chi connectivity index (χ3n) is 4.76. The highest BCUT2D eigenvalue weighted by Crippen LogP contribution is 2.30. The Kier molecular flexibility index (Phi) is 6.58. The van der Waals surface area contributed by atoms with Crippen molar-refractivity contribution < 1.29 is 4.74 Å². The Morgan fingerprint density at radius 3 is 2.69 bits per heavy atom. The van der Waals surface area contributed by atoms with E-state index in [9.17, 15) is 0 Å². The van der Waals surface area contributed by atoms with Crippen molar-refractivity contribution in [1.82, 2.24) is 19.9 Å². The van der Waals surface area contributed by atoms with E-state index in [2.05, 4.69) is 26.7 Å². The summed E-state index contributed by atoms with van der Waals surface area (Å²) in [6, 6.07) is 15.1. The molecule has 0 saturated heterocycles. The lowest BCUT2D eigenvalue weighted by Gasteiger charge is -2.21. The van der Waals surface area contributed by atoms with Crippen LogP contribution in [0.2, 0.25) is 0 Å². The molecule has 1 atom stereocenters. The van der Waals surface area contributed by atoms with Crippen LogP contribution in [-0.4, -0.2) is 65.2 Å². The topological polar surface area (TPSA) is 102 Å². The maximum Gasteiger partial charge on any atom is 0.229 e. The molecule has 2 heterocycles. The number of aromatic nitrogens is 2. The van der Waals surface area contributed by atoms with Crippen LogP contribution in [0.4, 0.5) is 17.5 Å². The zero-order chi connectivity index (χ0) is 22.5. The molecule has 0 spiro atoms. The summed E-state index contributed by atoms with van der Waals surface area (Å²) in [5, 5.41) is 22.7. The molecule has 164 valence electrons. The van der Waals surface area contributed by atoms with Crippen molar-refractivity contribution in [2.24, 2.45) is 5.10 Å². The van der Waals surface area contributed by atoms with Crippen LogP contribution in [0.3, 0.4) is 0 Å². The van der Waals surface area contributed by atoms with Crippen LogP contribution in [0, 0.1) is 11.3 Å². The van der Waals surface area contributed by atoms with Crippen LogP contribution >= 0.6 is 11.8 Å². The van der Waals surface area contributed by atoms with E-state index in [0.29, 0.717) is 23.9 Å². The first-order valence-corrected chi connectivity index (χ1v) is 11.0. The molecule has 0 radical (unpaired) electrons. The van der Waals surface area contributed by atoms with Gasteiger partial charge >= 0.3 is 0 Å². The van der Waals surface area contributed by atoms with Crippen LogP contribution in [0.25, 0.3) is 10.9 Å². The van der Waals surface area contributed by atoms with Crippen molar-refractivity contribution in [3.8, 4) is 11.8 Å². The number of thioether (sulfide) groups is 1. The smallest absolute Gasteiger partial charge is 0.229 e. The first kappa shape index (κ1) is 21.7. The molecule has 2 N–H and O–H groups in total. The molecule has 10 heteroatoms. The van der Waals surface area contributed by atoms with Gasteiger partial charge in [0.15, 0.2) is 5.50 Å². The van der Waals surface area contributed by atoms with Crippen molar-refractivity contribution in [2.45, 2.75) is 5.50 Å². The average Bonchev–Trinajstić information content (AvgIpc) is 3.18. The number of nitrogens with one attached hydrogen (secondary N) is 2. The van der Waals surface area contributed by atoms with Crippen molar-refractivity contribution >= 4 is 45.7 Å². The Hall–Kier alpha value is -3.55. The Morgan fingerprint density at radius 2 is 2.00 bits per heavy atom. The number of benzene rings is 2. The lowest BCUT2D eigenvalue weighted by atomic mass is 10.2. The lowest BCUT2D eigenvalue weighted by molar-refractivity contribution is 0.261. The van der Waals surface area contributed by atoms with Crippen LogP contribution in [0.15, 0.2) is 47.6 Å². The fourth-order valence-electron chi connectivity index (χ4n) is 3.02. The monoisotopic (exact) mass is 448 g/mol. The molecular formula is C22H24N8OS. The normalized spacial score (nSPS) is 15.2. The summed E-state index contributed by atoms with van der Waals surface area (Å²) >= 11 is 1.57. The third-order valence-corrected chi connectivity index (χ3v) is 5.66. The molecule has 1 aromatic heterocycles. The first-order chi connectivity index (χ1) is 15.5. The number of likely N-dealkylation sites (N-methyl/N-ethyl adjacent to an activating group) is 1. The van der Waals surface area contributed by atoms with E-state index in [1.807, 2.05) is 56.5 Å². The minimum Gasteiger partial charge on any atom is -0.492 e. The van der Waals surface area contributed by atoms with Gasteiger partial charge in [0.2, 0.25) is 5.95 Å². The SMILES string of the molecule is CN(C)CCOc1ccc2c(NC3SC=NN3C)nc(Nc3ccc(C#N)cc3)nc2c1. The zero-order valence-corrected chi connectivity index (χ0v) is 18.9. The van der Waals surface area contributed by atoms with Gasteiger partial charge in [0, 0.05) is 30.7 Å². The molecule has 9 nitrogen and oxygen atoms in total. The quantitative estimate of drug-likeness (QED) is 0.536. The molecule has 0 fully saturated rings. The number of hydrogen-bond acceptors (Lipinski definition) is 10. The second-order valence-corrected chi connectivity index (χ2v) is 8.40. The van der Waals surface area contributed by atoms with Crippen LogP contribution in [0.5, 0.6) is 5.75 Å². The number of hydrogen-bond donors (Lipinski definition) is 2. The van der Waals surface area contributed by atoms with Gasteiger partial charge in [-0.1, -0.05) is 11.8 Å². The molecule has 3 aromatic rings. The van der Waals surface area contributed by atoms with Gasteiger partial charge < -0.3 is 20.3 Å². The summed E-state index contributed by atoms with van der Waals surface area (Å²) < 4.78 is 5.89. The van der Waals surface area contributed by atoms with E-state index in [4.69, 9.17) is 20.0 Å². The molecular weight excluding hydrogens is 424 g/mol. The fraction of sp³-hybridized carbons (Fsp3) is 0.273. The number of anilines is 3. The number of nitriles is 1. The van der Waals surface area contributed by atoms with Crippen molar-refractivity contribution in [3.05, 3.63) is 48.0 Å². The highest BCUT2D eigenvalue weighted by atomic mass is 32.2. The zero-order valence-electron chi connectivity index (χ0n) is 18.1. The van der Waals surface area contributed by atoms with Gasteiger partial charge in [-0.05, 0) is 50.5 Å². The van der Waals surface area contributed by atoms with Gasteiger partial charge in [0.1, 0.15) is 18.2 Å². The second-order valence-electron chi connectivity index (χ2n) is 7.47. The lowest BCUT2D eigenvalue weighted by Crippen LogP contribution is -2.28. The number of rotatable bonds is 8. The number of hydrazone groups is 1. The van der Waals surface area contributed by atoms with E-state index in [1.165, 1.54) is 0 Å². The van der Waals surface area contributed by atoms with Crippen LogP contribution < -0.4 is 15.4 Å². The first-order valence-electron chi connectivity index (χ1n) is 10.1. The highest BCUT2D eigenvalue weighted by molar-refractivity contribution is 8.12. The standard InChI is InChI=1S/C22H24N8OS/c1-29(2)10-11-31-17-8-9-18-19(12-17)26-21(25-16-6-4-15(13-23)5-7-16)27-20(18)28-22-30(3)24-14-32-22/h4-9,12,14,22H,10-11H2,1-3H3,(H2,25,26,27,28). The van der Waals surface area contributed by atoms with E-state index in [-0.39, 0.29) is 5.50 Å². The predicted octanol–water partition coefficient (Wildman–Crippen LogP) is 3.50. The molecule has 0 amide bonds. The van der Waals surface area contributed by atoms with E-state index >= 15 is 0 Å². The number of fused-ring (bicyclic) bond motifs is 1. The summed E-state index contributed by atoms with van der Waals surface area (Å²) in [4.78, 5) is 11.5. The van der Waals surface area contributed by atoms with Crippen molar-refractivity contribution in [1.29, 1.82) is 5.26 Å². The summed E-state index contributed by atoms with van der Waals surface area (Å²) in [6.07, 6.45) is 0. The van der Waals surface area contributed by atoms with Gasteiger partial charge in [0.25, 0.3) is 0 Å². The molecule has 1 aliphatic heterocycles. The largest absolute Gasteiger partial charge is 0.492 e. The Bertz CT molecular complexity index is 1160. The van der Waals surface area contributed by atoms with Gasteiger partial charge in [-0.2, -0.15) is 15.3 Å². The third kappa shape index (κ3) is 5.19. The maximum atomic E-state index is 9.01. The summed E-state index contributed by atoms with van der Waals surface area (Å²) in [5.74, 6) is 1.89. The van der Waals surface area contributed by atoms with Crippen molar-refractivity contribution in [3.63, 3.8) is 0 Å². The molecule has 4 rings (SSSR count). The predicted molar refractivity (Wildman–Crippen MR) is 129 cm³/mol. The van der Waals surface area contributed by atoms with E-state index in [1.54, 1.807) is 29.4 Å². The Labute approximate surface area is 191 Å². The Morgan fingerprint density at radius 1 is 1.19 bits per heavy atom. The van der Waals surface area contributed by atoms with Gasteiger partial charge in [-0.3, -0.25) is 5.01 Å². The minimum atomic E-state index is -0.0631. The molecule has 2 aromatic carbocycles. The van der Waals surface area contributed by atoms with Gasteiger partial charge in [0.05, 0.1) is 22.7 Å². The van der Waals surface area contributed by atoms with Crippen LogP contribution in [0.1, 0.15) is 5.56 Å². The van der Waals surface area contributed by atoms with Gasteiger partial charge in [-0.15, -0.1) is 0 Å². The molecule has 1 unspecified atom stereocenters. The molecule has 0 saturated carbocycles. The fourth-order valence-corrected chi connectivity index (χ4v) is 3.75. The minimum absolute atomic E-state index is 0.0631. The van der Waals surface area contributed by atoms with Crippen molar-refractivity contribution in [2.75, 3.05) is 44.9 Å². The second kappa shape index (κ2) is 9.72. The molecule has 0 bridgehead atoms. The Balaban J connectivity index is 1.65.